The average Bonchev–Trinajstić information content (AvgIpc) is 3.06. The van der Waals surface area contributed by atoms with Crippen molar-refractivity contribution in [3.05, 3.63) is 69.9 Å². The Bertz CT molecular complexity index is 1040. The van der Waals surface area contributed by atoms with E-state index in [0.29, 0.717) is 22.2 Å². The zero-order valence-corrected chi connectivity index (χ0v) is 14.4. The van der Waals surface area contributed by atoms with Crippen molar-refractivity contribution in [2.45, 2.75) is 37.6 Å². The van der Waals surface area contributed by atoms with Gasteiger partial charge in [0.2, 0.25) is 0 Å². The summed E-state index contributed by atoms with van der Waals surface area (Å²) >= 11 is 0. The van der Waals surface area contributed by atoms with Gasteiger partial charge in [-0.3, -0.25) is 4.79 Å². The Hall–Kier alpha value is -2.82. The molecule has 0 saturated carbocycles. The number of hydrogen-bond acceptors (Lipinski definition) is 2. The molecular formula is C21H19N3O2. The Balaban J connectivity index is 1.49. The summed E-state index contributed by atoms with van der Waals surface area (Å²) < 4.78 is 0. The third-order valence-corrected chi connectivity index (χ3v) is 5.86. The fourth-order valence-electron chi connectivity index (χ4n) is 4.69. The number of fused-ring (bicyclic) bond motifs is 4. The third-order valence-electron chi connectivity index (χ3n) is 5.86. The van der Waals surface area contributed by atoms with Crippen molar-refractivity contribution in [2.75, 3.05) is 6.54 Å². The maximum Gasteiger partial charge on any atom is 0.368 e. The number of benzene rings is 2. The van der Waals surface area contributed by atoms with Gasteiger partial charge in [0, 0.05) is 24.1 Å². The van der Waals surface area contributed by atoms with Crippen LogP contribution in [0.2, 0.25) is 0 Å². The fourth-order valence-corrected chi connectivity index (χ4v) is 4.69. The third kappa shape index (κ3) is 2.38. The van der Waals surface area contributed by atoms with Crippen LogP contribution in [0.15, 0.2) is 52.4 Å². The highest BCUT2D eigenvalue weighted by molar-refractivity contribution is 5.94. The monoisotopic (exact) mass is 345 g/mol. The van der Waals surface area contributed by atoms with Gasteiger partial charge < -0.3 is 4.90 Å². The summed E-state index contributed by atoms with van der Waals surface area (Å²) in [4.78, 5) is 34.3. The minimum Gasteiger partial charge on any atom is -0.335 e. The van der Waals surface area contributed by atoms with Crippen LogP contribution in [0.1, 0.15) is 46.7 Å². The van der Waals surface area contributed by atoms with Gasteiger partial charge in [-0.2, -0.15) is 9.98 Å². The Labute approximate surface area is 151 Å². The molecule has 1 fully saturated rings. The fraction of sp³-hybridized carbons (Fsp3) is 0.333. The van der Waals surface area contributed by atoms with Crippen molar-refractivity contribution >= 4 is 11.9 Å². The van der Waals surface area contributed by atoms with E-state index in [2.05, 4.69) is 34.3 Å². The number of rotatable bonds is 1. The minimum atomic E-state index is -0.494. The van der Waals surface area contributed by atoms with E-state index in [1.54, 1.807) is 18.2 Å². The molecule has 0 aromatic heterocycles. The molecule has 2 aromatic carbocycles. The first-order valence-electron chi connectivity index (χ1n) is 9.21. The van der Waals surface area contributed by atoms with Crippen LogP contribution in [0.25, 0.3) is 0 Å². The van der Waals surface area contributed by atoms with Gasteiger partial charge in [0.1, 0.15) is 0 Å². The number of hydrogen-bond donors (Lipinski definition) is 0. The van der Waals surface area contributed by atoms with E-state index in [1.165, 1.54) is 11.1 Å². The van der Waals surface area contributed by atoms with Crippen LogP contribution < -0.4 is 10.7 Å². The number of likely N-dealkylation sites (tertiary alicyclic amines) is 1. The number of aryl methyl sites for hydroxylation is 1. The highest BCUT2D eigenvalue weighted by Crippen LogP contribution is 2.40. The van der Waals surface area contributed by atoms with E-state index in [4.69, 9.17) is 0 Å². The first kappa shape index (κ1) is 15.4. The molecule has 130 valence electrons. The molecule has 3 amide bonds. The lowest BCUT2D eigenvalue weighted by Crippen LogP contribution is -2.49. The summed E-state index contributed by atoms with van der Waals surface area (Å²) in [6.07, 6.45) is 4.19. The minimum absolute atomic E-state index is 0.0384. The van der Waals surface area contributed by atoms with Gasteiger partial charge in [-0.05, 0) is 55.0 Å². The van der Waals surface area contributed by atoms with Crippen LogP contribution in [0, 0.1) is 0 Å². The first-order valence-corrected chi connectivity index (χ1v) is 9.21. The largest absolute Gasteiger partial charge is 0.368 e. The summed E-state index contributed by atoms with van der Waals surface area (Å²) in [5.41, 5.74) is 3.44. The molecule has 2 atom stereocenters. The van der Waals surface area contributed by atoms with Crippen molar-refractivity contribution in [3.8, 4) is 0 Å². The van der Waals surface area contributed by atoms with Crippen LogP contribution in [0.4, 0.5) is 4.79 Å². The molecule has 5 nitrogen and oxygen atoms in total. The van der Waals surface area contributed by atoms with Crippen LogP contribution in [0.5, 0.6) is 0 Å². The number of carbonyl (C=O) groups is 2. The van der Waals surface area contributed by atoms with E-state index >= 15 is 0 Å². The molecule has 0 radical (unpaired) electrons. The van der Waals surface area contributed by atoms with Crippen LogP contribution in [-0.2, 0) is 6.42 Å². The number of piperidine rings is 1. The number of carbonyl (C=O) groups excluding carboxylic acids is 2. The SMILES string of the molecule is O=C1N=c2ccc(C(=O)N3CCCC4c5ccccc5CC[C@@H]43)cc2=N1. The van der Waals surface area contributed by atoms with Gasteiger partial charge in [0.15, 0.2) is 0 Å². The quantitative estimate of drug-likeness (QED) is 0.797. The maximum absolute atomic E-state index is 13.2. The molecule has 0 N–H and O–H groups in total. The van der Waals surface area contributed by atoms with Gasteiger partial charge in [-0.25, -0.2) is 4.79 Å². The standard InChI is InChI=1S/C21H19N3O2/c25-20(14-7-9-17-18(12-14)23-21(26)22-17)24-11-3-6-16-15-5-2-1-4-13(15)8-10-19(16)24/h1-2,4-5,7,9,12,16,19H,3,6,8,10-11H2/t16?,19-/m0/s1. The van der Waals surface area contributed by atoms with Crippen molar-refractivity contribution in [2.24, 2.45) is 9.98 Å². The summed E-state index contributed by atoms with van der Waals surface area (Å²) in [6, 6.07) is 13.6. The molecule has 2 aliphatic heterocycles. The highest BCUT2D eigenvalue weighted by atomic mass is 16.2. The van der Waals surface area contributed by atoms with E-state index in [1.807, 2.05) is 4.90 Å². The zero-order valence-electron chi connectivity index (χ0n) is 14.4. The second kappa shape index (κ2) is 5.87. The van der Waals surface area contributed by atoms with Gasteiger partial charge in [-0.1, -0.05) is 24.3 Å². The van der Waals surface area contributed by atoms with Gasteiger partial charge in [-0.15, -0.1) is 0 Å². The van der Waals surface area contributed by atoms with Crippen LogP contribution in [-0.4, -0.2) is 29.4 Å². The normalized spacial score (nSPS) is 23.4. The van der Waals surface area contributed by atoms with Crippen molar-refractivity contribution in [1.82, 2.24) is 4.90 Å². The van der Waals surface area contributed by atoms with Crippen molar-refractivity contribution < 1.29 is 9.59 Å². The molecule has 1 saturated heterocycles. The molecule has 0 bridgehead atoms. The second-order valence-corrected chi connectivity index (χ2v) is 7.26. The molecule has 1 unspecified atom stereocenters. The Morgan fingerprint density at radius 3 is 2.81 bits per heavy atom. The zero-order chi connectivity index (χ0) is 17.7. The summed E-state index contributed by atoms with van der Waals surface area (Å²) in [5, 5.41) is 1.05. The molecule has 5 rings (SSSR count). The smallest absolute Gasteiger partial charge is 0.335 e. The van der Waals surface area contributed by atoms with E-state index < -0.39 is 6.03 Å². The lowest BCUT2D eigenvalue weighted by Gasteiger charge is -2.45. The summed E-state index contributed by atoms with van der Waals surface area (Å²) in [6.45, 7) is 0.791. The summed E-state index contributed by atoms with van der Waals surface area (Å²) in [7, 11) is 0. The molecule has 3 aliphatic rings. The molecule has 26 heavy (non-hydrogen) atoms. The van der Waals surface area contributed by atoms with Crippen molar-refractivity contribution in [1.29, 1.82) is 0 Å². The van der Waals surface area contributed by atoms with Gasteiger partial charge in [0.25, 0.3) is 5.91 Å². The predicted molar refractivity (Wildman–Crippen MR) is 95.7 cm³/mol. The molecular weight excluding hydrogens is 326 g/mol. The molecule has 5 heteroatoms. The van der Waals surface area contributed by atoms with E-state index in [0.717, 1.165) is 32.2 Å². The second-order valence-electron chi connectivity index (χ2n) is 7.26. The predicted octanol–water partition coefficient (Wildman–Crippen LogP) is 2.39. The molecule has 0 spiro atoms. The highest BCUT2D eigenvalue weighted by Gasteiger charge is 2.38. The van der Waals surface area contributed by atoms with Gasteiger partial charge >= 0.3 is 6.03 Å². The topological polar surface area (TPSA) is 62.1 Å². The number of urea groups is 1. The van der Waals surface area contributed by atoms with Crippen LogP contribution in [0.3, 0.4) is 0 Å². The maximum atomic E-state index is 13.2. The van der Waals surface area contributed by atoms with E-state index in [-0.39, 0.29) is 11.9 Å². The van der Waals surface area contributed by atoms with Crippen LogP contribution >= 0.6 is 0 Å². The average molecular weight is 345 g/mol. The Kier molecular flexibility index (Phi) is 3.48. The molecule has 2 aromatic rings. The van der Waals surface area contributed by atoms with Crippen molar-refractivity contribution in [3.63, 3.8) is 0 Å². The Morgan fingerprint density at radius 1 is 1.04 bits per heavy atom. The first-order chi connectivity index (χ1) is 12.7. The molecule has 1 aliphatic carbocycles. The molecule has 2 heterocycles. The van der Waals surface area contributed by atoms with E-state index in [9.17, 15) is 9.59 Å². The van der Waals surface area contributed by atoms with Gasteiger partial charge in [0.05, 0.1) is 10.7 Å². The Morgan fingerprint density at radius 2 is 1.88 bits per heavy atom. The number of amides is 3. The number of nitrogens with zero attached hydrogens (tertiary/aromatic N) is 3. The lowest BCUT2D eigenvalue weighted by atomic mass is 9.74. The lowest BCUT2D eigenvalue weighted by molar-refractivity contribution is 0.0546. The summed E-state index contributed by atoms with van der Waals surface area (Å²) in [5.74, 6) is 0.463.